The van der Waals surface area contributed by atoms with Crippen molar-refractivity contribution in [2.45, 2.75) is 104 Å². The summed E-state index contributed by atoms with van der Waals surface area (Å²) in [4.78, 5) is 11.7. The summed E-state index contributed by atoms with van der Waals surface area (Å²) in [5, 5.41) is 10.2. The Morgan fingerprint density at radius 2 is 1.90 bits per heavy atom. The molecule has 3 saturated carbocycles. The molecule has 3 nitrogen and oxygen atoms in total. The van der Waals surface area contributed by atoms with Crippen LogP contribution in [-0.4, -0.2) is 24.3 Å². The smallest absolute Gasteiger partial charge is 0.308 e. The Balaban J connectivity index is 1.42. The molecule has 1 N–H and O–H groups in total. The number of carbonyl (C=O) groups is 1. The molecule has 0 amide bonds. The molecule has 3 fully saturated rings. The van der Waals surface area contributed by atoms with Crippen molar-refractivity contribution in [1.29, 1.82) is 0 Å². The van der Waals surface area contributed by atoms with Crippen LogP contribution >= 0.6 is 0 Å². The van der Waals surface area contributed by atoms with Gasteiger partial charge in [-0.2, -0.15) is 0 Å². The summed E-state index contributed by atoms with van der Waals surface area (Å²) in [5.41, 5.74) is 2.42. The summed E-state index contributed by atoms with van der Waals surface area (Å²) >= 11 is 0. The number of rotatable bonds is 6. The minimum absolute atomic E-state index is 0.0255. The maximum Gasteiger partial charge on any atom is 0.308 e. The summed E-state index contributed by atoms with van der Waals surface area (Å²) in [7, 11) is 1.50. The van der Waals surface area contributed by atoms with Crippen LogP contribution in [0.2, 0.25) is 0 Å². The van der Waals surface area contributed by atoms with Crippen molar-refractivity contribution < 1.29 is 14.6 Å². The molecule has 0 saturated heterocycles. The minimum atomic E-state index is -0.108. The first kappa shape index (κ1) is 23.3. The van der Waals surface area contributed by atoms with E-state index in [1.165, 1.54) is 52.1 Å². The van der Waals surface area contributed by atoms with Gasteiger partial charge < -0.3 is 9.84 Å². The topological polar surface area (TPSA) is 46.5 Å². The molecule has 4 aliphatic carbocycles. The number of ether oxygens (including phenoxy) is 1. The van der Waals surface area contributed by atoms with Gasteiger partial charge >= 0.3 is 5.97 Å². The van der Waals surface area contributed by atoms with E-state index in [0.29, 0.717) is 10.8 Å². The number of aliphatic hydroxyl groups is 1. The number of allylic oxidation sites excluding steroid dienone is 1. The highest BCUT2D eigenvalue weighted by molar-refractivity contribution is 5.71. The van der Waals surface area contributed by atoms with Crippen molar-refractivity contribution in [3.63, 3.8) is 0 Å². The lowest BCUT2D eigenvalue weighted by Crippen LogP contribution is -2.50. The van der Waals surface area contributed by atoms with Gasteiger partial charge in [-0.1, -0.05) is 52.2 Å². The molecule has 0 aromatic carbocycles. The van der Waals surface area contributed by atoms with Crippen LogP contribution in [0.1, 0.15) is 98.3 Å². The lowest BCUT2D eigenvalue weighted by atomic mass is 9.47. The second kappa shape index (κ2) is 8.84. The van der Waals surface area contributed by atoms with Crippen molar-refractivity contribution in [2.75, 3.05) is 7.11 Å². The van der Waals surface area contributed by atoms with Crippen molar-refractivity contribution in [3.8, 4) is 0 Å². The predicted octanol–water partition coefficient (Wildman–Crippen LogP) is 6.54. The number of hydrogen-bond donors (Lipinski definition) is 1. The Bertz CT molecular complexity index is 698. The van der Waals surface area contributed by atoms with Crippen molar-refractivity contribution in [1.82, 2.24) is 0 Å². The van der Waals surface area contributed by atoms with Gasteiger partial charge in [0, 0.05) is 0 Å². The van der Waals surface area contributed by atoms with E-state index >= 15 is 0 Å². The van der Waals surface area contributed by atoms with Gasteiger partial charge in [-0.05, 0) is 98.2 Å². The number of esters is 1. The molecule has 31 heavy (non-hydrogen) atoms. The molecule has 4 rings (SSSR count). The first-order valence-corrected chi connectivity index (χ1v) is 13.2. The van der Waals surface area contributed by atoms with Crippen LogP contribution in [-0.2, 0) is 9.53 Å². The van der Waals surface area contributed by atoms with Gasteiger partial charge in [-0.3, -0.25) is 4.79 Å². The van der Waals surface area contributed by atoms with E-state index in [9.17, 15) is 9.90 Å². The number of carbonyl (C=O) groups excluding carboxylic acids is 1. The van der Waals surface area contributed by atoms with Gasteiger partial charge in [0.25, 0.3) is 0 Å². The number of fused-ring (bicyclic) bond motifs is 5. The van der Waals surface area contributed by atoms with Crippen molar-refractivity contribution >= 4 is 5.97 Å². The summed E-state index contributed by atoms with van der Waals surface area (Å²) in [5.74, 6) is 4.08. The molecule has 3 heteroatoms. The normalized spacial score (nSPS) is 43.8. The Hall–Kier alpha value is -0.830. The van der Waals surface area contributed by atoms with Crippen LogP contribution in [0.4, 0.5) is 0 Å². The van der Waals surface area contributed by atoms with E-state index in [0.717, 1.165) is 55.3 Å². The fourth-order valence-corrected chi connectivity index (χ4v) is 8.88. The molecule has 0 aromatic heterocycles. The van der Waals surface area contributed by atoms with Crippen LogP contribution < -0.4 is 0 Å². The largest absolute Gasteiger partial charge is 0.469 e. The number of methoxy groups -OCH3 is 1. The van der Waals surface area contributed by atoms with Gasteiger partial charge in [0.05, 0.1) is 19.1 Å². The Morgan fingerprint density at radius 3 is 2.65 bits per heavy atom. The highest BCUT2D eigenvalue weighted by atomic mass is 16.5. The van der Waals surface area contributed by atoms with Crippen LogP contribution in [0.3, 0.4) is 0 Å². The Morgan fingerprint density at radius 1 is 1.13 bits per heavy atom. The summed E-state index contributed by atoms with van der Waals surface area (Å²) in [6, 6.07) is 0. The van der Waals surface area contributed by atoms with E-state index in [1.54, 1.807) is 5.57 Å². The number of hydrogen-bond acceptors (Lipinski definition) is 3. The molecule has 4 aliphatic rings. The zero-order chi connectivity index (χ0) is 22.4. The molecule has 0 radical (unpaired) electrons. The number of aliphatic hydroxyl groups excluding tert-OH is 1. The zero-order valence-electron chi connectivity index (χ0n) is 20.7. The van der Waals surface area contributed by atoms with E-state index < -0.39 is 0 Å². The Labute approximate surface area is 190 Å². The van der Waals surface area contributed by atoms with Crippen LogP contribution in [0.5, 0.6) is 0 Å². The van der Waals surface area contributed by atoms with Crippen molar-refractivity contribution in [2.24, 2.45) is 46.3 Å². The van der Waals surface area contributed by atoms with Gasteiger partial charge in [0.1, 0.15) is 0 Å². The van der Waals surface area contributed by atoms with E-state index in [-0.39, 0.29) is 18.0 Å². The molecule has 0 heterocycles. The SMILES string of the molecule is COC(=O)[C@H](C)CCC[C@@H](C)[C@H]1CC[C@H]2[C@@H]3CC=C4C[C@@H](O)CC[C@]4(C)[C@H]3CC[C@]12C. The molecule has 176 valence electrons. The molecule has 0 unspecified atom stereocenters. The second-order valence-electron chi connectivity index (χ2n) is 12.2. The third kappa shape index (κ3) is 4.02. The average molecular weight is 431 g/mol. The predicted molar refractivity (Wildman–Crippen MR) is 125 cm³/mol. The molecule has 0 aliphatic heterocycles. The molecular weight excluding hydrogens is 384 g/mol. The fraction of sp³-hybridized carbons (Fsp3) is 0.893. The molecule has 0 aromatic rings. The van der Waals surface area contributed by atoms with Crippen LogP contribution in [0.15, 0.2) is 11.6 Å². The van der Waals surface area contributed by atoms with Gasteiger partial charge in [0.15, 0.2) is 0 Å². The molecule has 9 atom stereocenters. The second-order valence-corrected chi connectivity index (χ2v) is 12.2. The molecule has 0 bridgehead atoms. The summed E-state index contributed by atoms with van der Waals surface area (Å²) in [6.07, 6.45) is 15.7. The minimum Gasteiger partial charge on any atom is -0.469 e. The van der Waals surface area contributed by atoms with Gasteiger partial charge in [0.2, 0.25) is 0 Å². The average Bonchev–Trinajstić information content (AvgIpc) is 3.10. The Kier molecular flexibility index (Phi) is 6.65. The molecular formula is C28H46O3. The van der Waals surface area contributed by atoms with Crippen LogP contribution in [0, 0.1) is 46.3 Å². The first-order chi connectivity index (χ1) is 14.7. The maximum atomic E-state index is 11.7. The fourth-order valence-electron chi connectivity index (χ4n) is 8.88. The standard InChI is InChI=1S/C28H46O3/c1-18(7-6-8-19(2)26(30)31-5)23-11-12-24-22-10-9-20-17-21(29)13-15-27(20,3)25(22)14-16-28(23,24)4/h9,18-19,21-25,29H,6-8,10-17H2,1-5H3/t18-,19-,21+,22+,23-,24+,25+,27+,28-/m1/s1. The summed E-state index contributed by atoms with van der Waals surface area (Å²) in [6.45, 7) is 9.64. The van der Waals surface area contributed by atoms with Gasteiger partial charge in [-0.15, -0.1) is 0 Å². The maximum absolute atomic E-state index is 11.7. The highest BCUT2D eigenvalue weighted by Gasteiger charge is 2.59. The third-order valence-electron chi connectivity index (χ3n) is 10.7. The third-order valence-corrected chi connectivity index (χ3v) is 10.7. The van der Waals surface area contributed by atoms with E-state index in [4.69, 9.17) is 4.74 Å². The quantitative estimate of drug-likeness (QED) is 0.384. The summed E-state index contributed by atoms with van der Waals surface area (Å²) < 4.78 is 4.90. The zero-order valence-corrected chi connectivity index (χ0v) is 20.7. The monoisotopic (exact) mass is 430 g/mol. The van der Waals surface area contributed by atoms with Gasteiger partial charge in [-0.25, -0.2) is 0 Å². The lowest BCUT2D eigenvalue weighted by molar-refractivity contribution is -0.145. The molecule has 0 spiro atoms. The van der Waals surface area contributed by atoms with Crippen LogP contribution in [0.25, 0.3) is 0 Å². The van der Waals surface area contributed by atoms with Crippen molar-refractivity contribution in [3.05, 3.63) is 11.6 Å². The first-order valence-electron chi connectivity index (χ1n) is 13.2. The van der Waals surface area contributed by atoms with E-state index in [1.807, 2.05) is 6.92 Å². The highest BCUT2D eigenvalue weighted by Crippen LogP contribution is 2.67. The van der Waals surface area contributed by atoms with E-state index in [2.05, 4.69) is 26.8 Å². The lowest BCUT2D eigenvalue weighted by Gasteiger charge is -2.58.